The molecule has 0 aliphatic carbocycles. The highest BCUT2D eigenvalue weighted by atomic mass is 79.9. The van der Waals surface area contributed by atoms with E-state index in [2.05, 4.69) is 79.7 Å². The van der Waals surface area contributed by atoms with Gasteiger partial charge < -0.3 is 4.90 Å². The maximum Gasteiger partial charge on any atom is 0.0998 e. The molecule has 2 aromatic carbocycles. The fourth-order valence-electron chi connectivity index (χ4n) is 3.97. The van der Waals surface area contributed by atoms with Gasteiger partial charge in [-0.1, -0.05) is 34.1 Å². The van der Waals surface area contributed by atoms with Gasteiger partial charge in [0.15, 0.2) is 0 Å². The number of nitrogens with zero attached hydrogens (tertiary/aromatic N) is 2. The number of fused-ring (bicyclic) bond motifs is 1. The van der Waals surface area contributed by atoms with E-state index in [4.69, 9.17) is 0 Å². The molecule has 27 heavy (non-hydrogen) atoms. The summed E-state index contributed by atoms with van der Waals surface area (Å²) in [4.78, 5) is 2.44. The second-order valence-corrected chi connectivity index (χ2v) is 8.55. The summed E-state index contributed by atoms with van der Waals surface area (Å²) in [6.45, 7) is 12.0. The van der Waals surface area contributed by atoms with Gasteiger partial charge in [-0.2, -0.15) is 5.26 Å². The maximum atomic E-state index is 9.71. The summed E-state index contributed by atoms with van der Waals surface area (Å²) in [6.07, 6.45) is 4.34. The molecule has 0 unspecified atom stereocenters. The van der Waals surface area contributed by atoms with E-state index in [1.807, 2.05) is 30.3 Å². The van der Waals surface area contributed by atoms with E-state index >= 15 is 0 Å². The van der Waals surface area contributed by atoms with Crippen LogP contribution >= 0.6 is 15.9 Å². The summed E-state index contributed by atoms with van der Waals surface area (Å²) in [5.41, 5.74) is 7.68. The highest BCUT2D eigenvalue weighted by Crippen LogP contribution is 2.40. The summed E-state index contributed by atoms with van der Waals surface area (Å²) >= 11 is 3.49. The van der Waals surface area contributed by atoms with Gasteiger partial charge in [-0.25, -0.2) is 0 Å². The van der Waals surface area contributed by atoms with Gasteiger partial charge in [0.2, 0.25) is 0 Å². The minimum atomic E-state index is 0.00373. The molecule has 2 nitrogen and oxygen atoms in total. The normalized spacial score (nSPS) is 15.8. The second kappa shape index (κ2) is 7.37. The summed E-state index contributed by atoms with van der Waals surface area (Å²) in [5.74, 6) is 0. The number of hydrogen-bond donors (Lipinski definition) is 0. The number of nitriles is 1. The lowest BCUT2D eigenvalue weighted by molar-refractivity contribution is 0.566. The van der Waals surface area contributed by atoms with E-state index in [1.54, 1.807) is 0 Å². The van der Waals surface area contributed by atoms with E-state index in [0.29, 0.717) is 5.57 Å². The number of likely N-dealkylation sites (N-methyl/N-ethyl adjacent to an activating group) is 1. The summed E-state index contributed by atoms with van der Waals surface area (Å²) < 4.78 is 0.975. The molecule has 0 atom stereocenters. The molecule has 3 heteroatoms. The van der Waals surface area contributed by atoms with Crippen LogP contribution in [0.2, 0.25) is 0 Å². The third-order valence-electron chi connectivity index (χ3n) is 5.24. The van der Waals surface area contributed by atoms with Crippen molar-refractivity contribution >= 4 is 38.8 Å². The zero-order chi connectivity index (χ0) is 19.8. The number of allylic oxidation sites excluding steroid dienone is 2. The Morgan fingerprint density at radius 2 is 1.96 bits per heavy atom. The molecule has 0 spiro atoms. The van der Waals surface area contributed by atoms with Crippen molar-refractivity contribution in [3.05, 3.63) is 69.2 Å². The molecule has 0 aromatic heterocycles. The Labute approximate surface area is 171 Å². The predicted octanol–water partition coefficient (Wildman–Crippen LogP) is 6.84. The van der Waals surface area contributed by atoms with Crippen LogP contribution < -0.4 is 4.90 Å². The molecule has 1 aliphatic rings. The Bertz CT molecular complexity index is 990. The van der Waals surface area contributed by atoms with Crippen LogP contribution in [0.25, 0.3) is 17.2 Å². The monoisotopic (exact) mass is 420 g/mol. The summed E-state index contributed by atoms with van der Waals surface area (Å²) in [6, 6.07) is 14.7. The first kappa shape index (κ1) is 19.5. The van der Waals surface area contributed by atoms with Crippen LogP contribution in [0, 0.1) is 18.3 Å². The Hall–Kier alpha value is -2.31. The molecule has 0 saturated heterocycles. The molecule has 138 valence electrons. The Balaban J connectivity index is 2.14. The van der Waals surface area contributed by atoms with E-state index in [1.165, 1.54) is 22.4 Å². The number of anilines is 1. The van der Waals surface area contributed by atoms with Crippen LogP contribution in [0.4, 0.5) is 5.69 Å². The number of halogens is 1. The molecule has 0 saturated carbocycles. The average Bonchev–Trinajstić information content (AvgIpc) is 2.60. The van der Waals surface area contributed by atoms with Crippen molar-refractivity contribution in [1.82, 2.24) is 0 Å². The highest BCUT2D eigenvalue weighted by molar-refractivity contribution is 9.10. The third kappa shape index (κ3) is 3.73. The molecule has 0 fully saturated rings. The van der Waals surface area contributed by atoms with Gasteiger partial charge in [0.05, 0.1) is 17.2 Å². The molecule has 0 radical (unpaired) electrons. The number of aryl methyl sites for hydroxylation is 1. The van der Waals surface area contributed by atoms with Crippen molar-refractivity contribution in [2.24, 2.45) is 0 Å². The molecular weight excluding hydrogens is 396 g/mol. The van der Waals surface area contributed by atoms with Crippen LogP contribution in [0.3, 0.4) is 0 Å². The van der Waals surface area contributed by atoms with Gasteiger partial charge in [0.25, 0.3) is 0 Å². The van der Waals surface area contributed by atoms with Gasteiger partial charge in [-0.05, 0) is 87.2 Å². The number of rotatable bonds is 3. The molecule has 0 amide bonds. The van der Waals surface area contributed by atoms with Crippen molar-refractivity contribution in [2.45, 2.75) is 40.2 Å². The zero-order valence-corrected chi connectivity index (χ0v) is 18.2. The van der Waals surface area contributed by atoms with Crippen LogP contribution in [0.15, 0.2) is 46.9 Å². The van der Waals surface area contributed by atoms with Crippen LogP contribution in [-0.2, 0) is 0 Å². The third-order valence-corrected chi connectivity index (χ3v) is 5.73. The SMILES string of the molecule is CCN1c2cc(C)c(/C=C(/C#N)c3cccc(Br)c3)cc2C(C)=CC1(C)C. The highest BCUT2D eigenvalue weighted by Gasteiger charge is 2.30. The van der Waals surface area contributed by atoms with Crippen molar-refractivity contribution < 1.29 is 0 Å². The van der Waals surface area contributed by atoms with Crippen LogP contribution in [-0.4, -0.2) is 12.1 Å². The van der Waals surface area contributed by atoms with Crippen molar-refractivity contribution in [1.29, 1.82) is 5.26 Å². The first-order valence-electron chi connectivity index (χ1n) is 9.26. The molecule has 0 bridgehead atoms. The Morgan fingerprint density at radius 1 is 1.22 bits per heavy atom. The second-order valence-electron chi connectivity index (χ2n) is 7.63. The fourth-order valence-corrected chi connectivity index (χ4v) is 4.37. The molecule has 2 aromatic rings. The molecular formula is C24H25BrN2. The van der Waals surface area contributed by atoms with Gasteiger partial charge in [0, 0.05) is 22.3 Å². The Kier molecular flexibility index (Phi) is 5.31. The quantitative estimate of drug-likeness (QED) is 0.401. The average molecular weight is 421 g/mol. The smallest absolute Gasteiger partial charge is 0.0998 e. The first-order chi connectivity index (χ1) is 12.8. The minimum Gasteiger partial charge on any atom is -0.363 e. The summed E-state index contributed by atoms with van der Waals surface area (Å²) in [5, 5.41) is 9.71. The van der Waals surface area contributed by atoms with E-state index in [-0.39, 0.29) is 5.54 Å². The lowest BCUT2D eigenvalue weighted by atomic mass is 9.86. The maximum absolute atomic E-state index is 9.71. The van der Waals surface area contributed by atoms with Crippen molar-refractivity contribution in [3.8, 4) is 6.07 Å². The largest absolute Gasteiger partial charge is 0.363 e. The predicted molar refractivity (Wildman–Crippen MR) is 120 cm³/mol. The topological polar surface area (TPSA) is 27.0 Å². The van der Waals surface area contributed by atoms with E-state index in [0.717, 1.165) is 22.1 Å². The zero-order valence-electron chi connectivity index (χ0n) is 16.6. The van der Waals surface area contributed by atoms with Gasteiger partial charge in [0.1, 0.15) is 0 Å². The number of hydrogen-bond acceptors (Lipinski definition) is 2. The van der Waals surface area contributed by atoms with Gasteiger partial charge >= 0.3 is 0 Å². The Morgan fingerprint density at radius 3 is 2.59 bits per heavy atom. The van der Waals surface area contributed by atoms with Gasteiger partial charge in [-0.15, -0.1) is 0 Å². The van der Waals surface area contributed by atoms with Crippen molar-refractivity contribution in [2.75, 3.05) is 11.4 Å². The lowest BCUT2D eigenvalue weighted by Crippen LogP contribution is -2.44. The molecule has 3 rings (SSSR count). The minimum absolute atomic E-state index is 0.00373. The van der Waals surface area contributed by atoms with Gasteiger partial charge in [-0.3, -0.25) is 0 Å². The first-order valence-corrected chi connectivity index (χ1v) is 10.1. The van der Waals surface area contributed by atoms with Crippen molar-refractivity contribution in [3.63, 3.8) is 0 Å². The van der Waals surface area contributed by atoms with Crippen LogP contribution in [0.5, 0.6) is 0 Å². The van der Waals surface area contributed by atoms with E-state index < -0.39 is 0 Å². The molecule has 1 aliphatic heterocycles. The van der Waals surface area contributed by atoms with Crippen LogP contribution in [0.1, 0.15) is 49.9 Å². The molecule has 1 heterocycles. The standard InChI is InChI=1S/C24H25BrN2/c1-6-27-23-10-16(2)19(13-22(23)17(3)14-24(27,4)5)11-20(15-26)18-8-7-9-21(25)12-18/h7-14H,6H2,1-5H3/b20-11-. The molecule has 0 N–H and O–H groups in total. The fraction of sp³-hybridized carbons (Fsp3) is 0.292. The summed E-state index contributed by atoms with van der Waals surface area (Å²) in [7, 11) is 0. The lowest BCUT2D eigenvalue weighted by Gasteiger charge is -2.43. The van der Waals surface area contributed by atoms with E-state index in [9.17, 15) is 5.26 Å². The number of benzene rings is 2.